The molecule has 0 atom stereocenters. The zero-order chi connectivity index (χ0) is 15.4. The lowest BCUT2D eigenvalue weighted by atomic mass is 10.2. The van der Waals surface area contributed by atoms with E-state index >= 15 is 0 Å². The van der Waals surface area contributed by atoms with Crippen LogP contribution in [0.3, 0.4) is 0 Å². The molecule has 0 unspecified atom stereocenters. The fourth-order valence-corrected chi connectivity index (χ4v) is 2.07. The van der Waals surface area contributed by atoms with Crippen LogP contribution in [0.2, 0.25) is 5.15 Å². The molecule has 0 bridgehead atoms. The molecule has 22 heavy (non-hydrogen) atoms. The first kappa shape index (κ1) is 14.2. The Morgan fingerprint density at radius 2 is 2.14 bits per heavy atom. The highest BCUT2D eigenvalue weighted by molar-refractivity contribution is 6.29. The Hall–Kier alpha value is -2.73. The van der Waals surface area contributed by atoms with Gasteiger partial charge in [0.2, 0.25) is 0 Å². The van der Waals surface area contributed by atoms with Gasteiger partial charge < -0.3 is 5.32 Å². The molecule has 1 N–H and O–H groups in total. The van der Waals surface area contributed by atoms with Crippen LogP contribution in [-0.2, 0) is 6.54 Å². The molecule has 3 aromatic heterocycles. The van der Waals surface area contributed by atoms with Crippen molar-refractivity contribution in [3.63, 3.8) is 0 Å². The van der Waals surface area contributed by atoms with Crippen molar-refractivity contribution in [1.29, 1.82) is 0 Å². The van der Waals surface area contributed by atoms with Crippen molar-refractivity contribution < 1.29 is 4.79 Å². The first-order chi connectivity index (χ1) is 10.7. The van der Waals surface area contributed by atoms with Gasteiger partial charge in [0, 0.05) is 36.9 Å². The minimum Gasteiger partial charge on any atom is -0.348 e. The normalized spacial score (nSPS) is 10.4. The molecule has 0 fully saturated rings. The van der Waals surface area contributed by atoms with Crippen LogP contribution in [0.1, 0.15) is 15.9 Å². The topological polar surface area (TPSA) is 72.7 Å². The summed E-state index contributed by atoms with van der Waals surface area (Å²) in [4.78, 5) is 24.1. The van der Waals surface area contributed by atoms with Gasteiger partial charge in [0.25, 0.3) is 5.91 Å². The smallest absolute Gasteiger partial charge is 0.251 e. The summed E-state index contributed by atoms with van der Waals surface area (Å²) in [7, 11) is 0. The molecule has 0 aliphatic carbocycles. The van der Waals surface area contributed by atoms with Crippen molar-refractivity contribution in [2.75, 3.05) is 0 Å². The average Bonchev–Trinajstić information content (AvgIpc) is 3.07. The summed E-state index contributed by atoms with van der Waals surface area (Å²) in [6, 6.07) is 6.91. The molecule has 3 heterocycles. The monoisotopic (exact) mass is 313 g/mol. The van der Waals surface area contributed by atoms with Crippen LogP contribution < -0.4 is 5.32 Å². The molecule has 0 aliphatic heterocycles. The van der Waals surface area contributed by atoms with Gasteiger partial charge in [-0.15, -0.1) is 0 Å². The summed E-state index contributed by atoms with van der Waals surface area (Å²) >= 11 is 5.76. The number of nitrogens with one attached hydrogen (secondary N) is 1. The fraction of sp³-hybridized carbons (Fsp3) is 0.0667. The van der Waals surface area contributed by atoms with E-state index in [1.165, 1.54) is 12.3 Å². The van der Waals surface area contributed by atoms with Gasteiger partial charge in [0.05, 0.1) is 0 Å². The number of imidazole rings is 1. The average molecular weight is 314 g/mol. The number of hydrogen-bond acceptors (Lipinski definition) is 4. The van der Waals surface area contributed by atoms with E-state index in [1.54, 1.807) is 29.4 Å². The summed E-state index contributed by atoms with van der Waals surface area (Å²) in [5.41, 5.74) is 1.38. The Morgan fingerprint density at radius 3 is 2.82 bits per heavy atom. The molecule has 1 amide bonds. The van der Waals surface area contributed by atoms with Gasteiger partial charge in [0.15, 0.2) is 0 Å². The zero-order valence-corrected chi connectivity index (χ0v) is 12.2. The first-order valence-electron chi connectivity index (χ1n) is 6.55. The van der Waals surface area contributed by atoms with Crippen LogP contribution in [0.4, 0.5) is 0 Å². The third-order valence-corrected chi connectivity index (χ3v) is 3.23. The lowest BCUT2D eigenvalue weighted by Crippen LogP contribution is -2.22. The first-order valence-corrected chi connectivity index (χ1v) is 6.93. The van der Waals surface area contributed by atoms with E-state index < -0.39 is 0 Å². The quantitative estimate of drug-likeness (QED) is 0.750. The van der Waals surface area contributed by atoms with Gasteiger partial charge in [-0.1, -0.05) is 17.7 Å². The van der Waals surface area contributed by atoms with Crippen LogP contribution in [0.5, 0.6) is 0 Å². The van der Waals surface area contributed by atoms with Crippen LogP contribution >= 0.6 is 11.6 Å². The number of hydrogen-bond donors (Lipinski definition) is 1. The molecule has 0 spiro atoms. The Balaban J connectivity index is 1.63. The number of nitrogens with zero attached hydrogens (tertiary/aromatic N) is 4. The van der Waals surface area contributed by atoms with Gasteiger partial charge >= 0.3 is 0 Å². The summed E-state index contributed by atoms with van der Waals surface area (Å²) in [6.07, 6.45) is 8.40. The minimum atomic E-state index is -0.206. The van der Waals surface area contributed by atoms with E-state index in [9.17, 15) is 4.79 Å². The van der Waals surface area contributed by atoms with Gasteiger partial charge in [-0.25, -0.2) is 15.0 Å². The molecule has 6 nitrogen and oxygen atoms in total. The number of pyridine rings is 2. The molecule has 0 saturated heterocycles. The third kappa shape index (κ3) is 3.29. The van der Waals surface area contributed by atoms with Gasteiger partial charge in [-0.2, -0.15) is 0 Å². The Labute approximate surface area is 131 Å². The highest BCUT2D eigenvalue weighted by Gasteiger charge is 2.06. The zero-order valence-electron chi connectivity index (χ0n) is 11.5. The lowest BCUT2D eigenvalue weighted by Gasteiger charge is -2.06. The van der Waals surface area contributed by atoms with Crippen LogP contribution in [0.15, 0.2) is 55.4 Å². The lowest BCUT2D eigenvalue weighted by molar-refractivity contribution is 0.0951. The highest BCUT2D eigenvalue weighted by Crippen LogP contribution is 2.08. The maximum Gasteiger partial charge on any atom is 0.251 e. The number of halogens is 1. The molecule has 110 valence electrons. The van der Waals surface area contributed by atoms with Gasteiger partial charge in [0.1, 0.15) is 17.3 Å². The van der Waals surface area contributed by atoms with Crippen molar-refractivity contribution in [2.24, 2.45) is 0 Å². The second kappa shape index (κ2) is 6.36. The maximum atomic E-state index is 12.0. The third-order valence-electron chi connectivity index (χ3n) is 3.02. The van der Waals surface area contributed by atoms with Crippen molar-refractivity contribution in [3.05, 3.63) is 71.7 Å². The van der Waals surface area contributed by atoms with E-state index in [0.717, 1.165) is 11.4 Å². The molecule has 0 aromatic carbocycles. The minimum absolute atomic E-state index is 0.206. The van der Waals surface area contributed by atoms with E-state index in [2.05, 4.69) is 20.3 Å². The van der Waals surface area contributed by atoms with E-state index in [-0.39, 0.29) is 5.91 Å². The Kier molecular flexibility index (Phi) is 4.11. The van der Waals surface area contributed by atoms with Crippen molar-refractivity contribution in [2.45, 2.75) is 6.54 Å². The number of carbonyl (C=O) groups is 1. The van der Waals surface area contributed by atoms with Crippen molar-refractivity contribution in [1.82, 2.24) is 24.8 Å². The summed E-state index contributed by atoms with van der Waals surface area (Å²) in [5.74, 6) is 0.566. The van der Waals surface area contributed by atoms with Crippen LogP contribution in [0.25, 0.3) is 5.82 Å². The largest absolute Gasteiger partial charge is 0.348 e. The van der Waals surface area contributed by atoms with Crippen molar-refractivity contribution >= 4 is 17.5 Å². The summed E-state index contributed by atoms with van der Waals surface area (Å²) in [5, 5.41) is 3.10. The second-order valence-electron chi connectivity index (χ2n) is 4.54. The summed E-state index contributed by atoms with van der Waals surface area (Å²) in [6.45, 7) is 0.385. The maximum absolute atomic E-state index is 12.0. The van der Waals surface area contributed by atoms with Gasteiger partial charge in [-0.05, 0) is 23.8 Å². The molecule has 3 rings (SSSR count). The summed E-state index contributed by atoms with van der Waals surface area (Å²) < 4.78 is 1.81. The van der Waals surface area contributed by atoms with Crippen LogP contribution in [0, 0.1) is 0 Å². The van der Waals surface area contributed by atoms with E-state index in [4.69, 9.17) is 11.6 Å². The fourth-order valence-electron chi connectivity index (χ4n) is 1.90. The van der Waals surface area contributed by atoms with Crippen LogP contribution in [-0.4, -0.2) is 25.4 Å². The molecule has 0 saturated carbocycles. The molecule has 0 aliphatic rings. The molecular formula is C15H12ClN5O. The number of rotatable bonds is 4. The molecule has 7 heteroatoms. The van der Waals surface area contributed by atoms with E-state index in [0.29, 0.717) is 17.3 Å². The molecule has 0 radical (unpaired) electrons. The predicted octanol–water partition coefficient (Wildman–Crippen LogP) is 2.25. The molecule has 3 aromatic rings. The Morgan fingerprint density at radius 1 is 1.23 bits per heavy atom. The number of carbonyl (C=O) groups excluding carboxylic acids is 1. The second-order valence-corrected chi connectivity index (χ2v) is 4.93. The SMILES string of the molecule is O=C(NCc1ccc(-n2ccnc2)nc1)c1ccnc(Cl)c1. The number of aromatic nitrogens is 4. The predicted molar refractivity (Wildman–Crippen MR) is 81.8 cm³/mol. The highest BCUT2D eigenvalue weighted by atomic mass is 35.5. The standard InChI is InChI=1S/C15H12ClN5O/c16-13-7-12(3-4-18-13)15(22)20-9-11-1-2-14(19-8-11)21-6-5-17-10-21/h1-8,10H,9H2,(H,20,22). The van der Waals surface area contributed by atoms with Gasteiger partial charge in [-0.3, -0.25) is 9.36 Å². The van der Waals surface area contributed by atoms with Crippen molar-refractivity contribution in [3.8, 4) is 5.82 Å². The van der Waals surface area contributed by atoms with E-state index in [1.807, 2.05) is 18.3 Å². The Bertz CT molecular complexity index is 771. The number of amides is 1. The molecular weight excluding hydrogens is 302 g/mol.